The number of halogens is 3. The molecule has 8 heteroatoms. The maximum atomic E-state index is 12.6. The first-order valence-electron chi connectivity index (χ1n) is 6.11. The predicted molar refractivity (Wildman–Crippen MR) is 64.6 cm³/mol. The monoisotopic (exact) mass is 290 g/mol. The number of rotatable bonds is 3. The minimum atomic E-state index is -4.55. The summed E-state index contributed by atoms with van der Waals surface area (Å²) in [6, 6.07) is 2.22. The molecule has 1 aliphatic rings. The maximum Gasteiger partial charge on any atom is 0.416 e. The van der Waals surface area contributed by atoms with Crippen molar-refractivity contribution in [2.75, 3.05) is 13.1 Å². The minimum Gasteiger partial charge on any atom is -0.483 e. The molecule has 1 fully saturated rings. The van der Waals surface area contributed by atoms with E-state index in [0.29, 0.717) is 38.1 Å². The van der Waals surface area contributed by atoms with Gasteiger partial charge in [-0.2, -0.15) is 13.2 Å². The zero-order valence-corrected chi connectivity index (χ0v) is 10.4. The number of hydrogen-bond donors (Lipinski definition) is 1. The maximum absolute atomic E-state index is 12.6. The van der Waals surface area contributed by atoms with Crippen LogP contribution in [0.5, 0.6) is 5.75 Å². The molecule has 0 bridgehead atoms. The Morgan fingerprint density at radius 1 is 1.30 bits per heavy atom. The van der Waals surface area contributed by atoms with Gasteiger partial charge in [-0.25, -0.2) is 0 Å². The Balaban J connectivity index is 2.29. The summed E-state index contributed by atoms with van der Waals surface area (Å²) >= 11 is 0. The molecule has 2 rings (SSSR count). The molecule has 0 atom stereocenters. The van der Waals surface area contributed by atoms with Gasteiger partial charge >= 0.3 is 11.9 Å². The van der Waals surface area contributed by atoms with Crippen molar-refractivity contribution >= 4 is 5.69 Å². The average molecular weight is 290 g/mol. The van der Waals surface area contributed by atoms with Gasteiger partial charge in [-0.1, -0.05) is 0 Å². The van der Waals surface area contributed by atoms with Crippen molar-refractivity contribution in [3.63, 3.8) is 0 Å². The molecule has 0 aliphatic carbocycles. The van der Waals surface area contributed by atoms with Crippen molar-refractivity contribution in [3.05, 3.63) is 33.9 Å². The first-order valence-corrected chi connectivity index (χ1v) is 6.11. The largest absolute Gasteiger partial charge is 0.483 e. The lowest BCUT2D eigenvalue weighted by atomic mass is 10.1. The summed E-state index contributed by atoms with van der Waals surface area (Å²) in [7, 11) is 0. The van der Waals surface area contributed by atoms with E-state index in [0.717, 1.165) is 6.07 Å². The second-order valence-electron chi connectivity index (χ2n) is 4.50. The summed E-state index contributed by atoms with van der Waals surface area (Å²) in [5.74, 6) is -0.322. The van der Waals surface area contributed by atoms with Crippen LogP contribution >= 0.6 is 0 Å². The van der Waals surface area contributed by atoms with Crippen LogP contribution in [0.2, 0.25) is 0 Å². The number of nitrogens with one attached hydrogen (secondary N) is 1. The molecule has 5 nitrogen and oxygen atoms in total. The lowest BCUT2D eigenvalue weighted by Gasteiger charge is -2.24. The fraction of sp³-hybridized carbons (Fsp3) is 0.500. The van der Waals surface area contributed by atoms with E-state index in [-0.39, 0.29) is 11.9 Å². The first kappa shape index (κ1) is 14.6. The van der Waals surface area contributed by atoms with Crippen LogP contribution in [0.1, 0.15) is 18.4 Å². The summed E-state index contributed by atoms with van der Waals surface area (Å²) in [4.78, 5) is 10.1. The topological polar surface area (TPSA) is 64.4 Å². The number of benzene rings is 1. The molecule has 0 radical (unpaired) electrons. The van der Waals surface area contributed by atoms with Gasteiger partial charge in [-0.3, -0.25) is 10.1 Å². The summed E-state index contributed by atoms with van der Waals surface area (Å²) in [6.45, 7) is 1.36. The smallest absolute Gasteiger partial charge is 0.416 e. The number of piperidine rings is 1. The van der Waals surface area contributed by atoms with Crippen LogP contribution in [0.4, 0.5) is 18.9 Å². The normalized spacial score (nSPS) is 16.9. The molecule has 1 aromatic carbocycles. The van der Waals surface area contributed by atoms with E-state index in [1.54, 1.807) is 0 Å². The van der Waals surface area contributed by atoms with Crippen molar-refractivity contribution in [1.29, 1.82) is 0 Å². The van der Waals surface area contributed by atoms with Gasteiger partial charge in [0.1, 0.15) is 6.10 Å². The third-order valence-corrected chi connectivity index (χ3v) is 3.06. The molecule has 1 heterocycles. The van der Waals surface area contributed by atoms with Crippen molar-refractivity contribution in [1.82, 2.24) is 5.32 Å². The Morgan fingerprint density at radius 2 is 1.95 bits per heavy atom. The van der Waals surface area contributed by atoms with Crippen LogP contribution in [0.3, 0.4) is 0 Å². The van der Waals surface area contributed by atoms with Gasteiger partial charge in [-0.05, 0) is 38.1 Å². The lowest BCUT2D eigenvalue weighted by molar-refractivity contribution is -0.386. The van der Waals surface area contributed by atoms with E-state index in [1.165, 1.54) is 0 Å². The molecule has 0 spiro atoms. The molecular formula is C12H13F3N2O3. The number of alkyl halides is 3. The Morgan fingerprint density at radius 3 is 2.50 bits per heavy atom. The van der Waals surface area contributed by atoms with Gasteiger partial charge in [0, 0.05) is 6.07 Å². The molecule has 1 saturated heterocycles. The minimum absolute atomic E-state index is 0.307. The molecule has 20 heavy (non-hydrogen) atoms. The van der Waals surface area contributed by atoms with Crippen LogP contribution in [-0.2, 0) is 6.18 Å². The Hall–Kier alpha value is -1.83. The fourth-order valence-corrected chi connectivity index (χ4v) is 2.03. The zero-order valence-electron chi connectivity index (χ0n) is 10.4. The number of hydrogen-bond acceptors (Lipinski definition) is 4. The van der Waals surface area contributed by atoms with E-state index < -0.39 is 22.4 Å². The highest BCUT2D eigenvalue weighted by atomic mass is 19.4. The Bertz CT molecular complexity index is 499. The van der Waals surface area contributed by atoms with Gasteiger partial charge in [0.25, 0.3) is 0 Å². The second kappa shape index (κ2) is 5.66. The van der Waals surface area contributed by atoms with Crippen molar-refractivity contribution in [2.45, 2.75) is 25.1 Å². The Labute approximate surface area is 112 Å². The van der Waals surface area contributed by atoms with Crippen LogP contribution in [0.15, 0.2) is 18.2 Å². The van der Waals surface area contributed by atoms with Crippen LogP contribution < -0.4 is 10.1 Å². The standard InChI is InChI=1S/C12H13F3N2O3/c13-12(14,15)8-1-2-10(17(18)19)11(7-8)20-9-3-5-16-6-4-9/h1-2,7,9,16H,3-6H2. The zero-order chi connectivity index (χ0) is 14.8. The van der Waals surface area contributed by atoms with E-state index in [2.05, 4.69) is 5.32 Å². The number of nitro benzene ring substituents is 1. The van der Waals surface area contributed by atoms with Crippen LogP contribution in [0, 0.1) is 10.1 Å². The Kier molecular flexibility index (Phi) is 4.12. The van der Waals surface area contributed by atoms with E-state index >= 15 is 0 Å². The summed E-state index contributed by atoms with van der Waals surface area (Å²) in [5, 5.41) is 13.9. The van der Waals surface area contributed by atoms with Crippen molar-refractivity contribution in [2.24, 2.45) is 0 Å². The number of ether oxygens (including phenoxy) is 1. The van der Waals surface area contributed by atoms with E-state index in [1.807, 2.05) is 0 Å². The van der Waals surface area contributed by atoms with Crippen molar-refractivity contribution < 1.29 is 22.8 Å². The van der Waals surface area contributed by atoms with E-state index in [9.17, 15) is 23.3 Å². The molecule has 1 aliphatic heterocycles. The molecular weight excluding hydrogens is 277 g/mol. The second-order valence-corrected chi connectivity index (χ2v) is 4.50. The SMILES string of the molecule is O=[N+]([O-])c1ccc(C(F)(F)F)cc1OC1CCNCC1. The van der Waals surface area contributed by atoms with Gasteiger partial charge in [0.2, 0.25) is 0 Å². The highest BCUT2D eigenvalue weighted by molar-refractivity contribution is 5.49. The van der Waals surface area contributed by atoms with E-state index in [4.69, 9.17) is 4.74 Å². The van der Waals surface area contributed by atoms with Gasteiger partial charge in [0.05, 0.1) is 10.5 Å². The predicted octanol–water partition coefficient (Wildman–Crippen LogP) is 2.74. The lowest BCUT2D eigenvalue weighted by Crippen LogP contribution is -2.34. The quantitative estimate of drug-likeness (QED) is 0.686. The third-order valence-electron chi connectivity index (χ3n) is 3.06. The molecule has 0 saturated carbocycles. The van der Waals surface area contributed by atoms with Gasteiger partial charge in [0.15, 0.2) is 5.75 Å². The van der Waals surface area contributed by atoms with Gasteiger partial charge in [-0.15, -0.1) is 0 Å². The molecule has 0 unspecified atom stereocenters. The highest BCUT2D eigenvalue weighted by Gasteiger charge is 2.33. The number of nitro groups is 1. The summed E-state index contributed by atoms with van der Waals surface area (Å²) < 4.78 is 43.3. The highest BCUT2D eigenvalue weighted by Crippen LogP contribution is 2.36. The average Bonchev–Trinajstić information content (AvgIpc) is 2.38. The van der Waals surface area contributed by atoms with Crippen LogP contribution in [-0.4, -0.2) is 24.1 Å². The molecule has 1 N–H and O–H groups in total. The first-order chi connectivity index (χ1) is 9.38. The fourth-order valence-electron chi connectivity index (χ4n) is 2.03. The third kappa shape index (κ3) is 3.38. The molecule has 1 aromatic rings. The molecule has 0 amide bonds. The van der Waals surface area contributed by atoms with Crippen molar-refractivity contribution in [3.8, 4) is 5.75 Å². The summed E-state index contributed by atoms with van der Waals surface area (Å²) in [5.41, 5.74) is -1.40. The molecule has 110 valence electrons. The van der Waals surface area contributed by atoms with Crippen LogP contribution in [0.25, 0.3) is 0 Å². The summed E-state index contributed by atoms with van der Waals surface area (Å²) in [6.07, 6.45) is -3.65. The molecule has 0 aromatic heterocycles. The number of nitrogens with zero attached hydrogens (tertiary/aromatic N) is 1. The van der Waals surface area contributed by atoms with Gasteiger partial charge < -0.3 is 10.1 Å².